The van der Waals surface area contributed by atoms with Gasteiger partial charge in [0.2, 0.25) is 0 Å². The van der Waals surface area contributed by atoms with E-state index < -0.39 is 30.6 Å². The molecule has 0 radical (unpaired) electrons. The molecule has 2 atom stereocenters. The molecule has 0 bridgehead atoms. The van der Waals surface area contributed by atoms with Gasteiger partial charge in [-0.15, -0.1) is 0 Å². The van der Waals surface area contributed by atoms with Crippen molar-refractivity contribution in [3.05, 3.63) is 0 Å². The molecule has 0 aromatic carbocycles. The predicted octanol–water partition coefficient (Wildman–Crippen LogP) is 1.96. The summed E-state index contributed by atoms with van der Waals surface area (Å²) >= 11 is 0. The van der Waals surface area contributed by atoms with Crippen molar-refractivity contribution in [2.75, 3.05) is 26.0 Å². The fourth-order valence-electron chi connectivity index (χ4n) is 2.02. The topological polar surface area (TPSA) is 93.1 Å². The molecule has 1 rings (SSSR count). The van der Waals surface area contributed by atoms with Crippen LogP contribution in [-0.2, 0) is 18.7 Å². The van der Waals surface area contributed by atoms with E-state index in [1.54, 1.807) is 0 Å². The lowest BCUT2D eigenvalue weighted by atomic mass is 10.1. The van der Waals surface area contributed by atoms with Gasteiger partial charge in [0.05, 0.1) is 12.8 Å². The maximum atomic E-state index is 11.3. The van der Waals surface area contributed by atoms with Gasteiger partial charge in [0, 0.05) is 19.1 Å². The molecular weight excluding hydrogens is 326 g/mol. The number of nitrogens with zero attached hydrogens (tertiary/aromatic N) is 1. The summed E-state index contributed by atoms with van der Waals surface area (Å²) in [5.74, 6) is -0.278. The van der Waals surface area contributed by atoms with E-state index in [1.165, 1.54) is 4.90 Å². The van der Waals surface area contributed by atoms with Crippen LogP contribution in [0.2, 0.25) is 18.1 Å². The number of carboxylic acid groups (broad SMARTS) is 1. The van der Waals surface area contributed by atoms with Gasteiger partial charge in [-0.1, -0.05) is 20.8 Å². The zero-order valence-corrected chi connectivity index (χ0v) is 15.9. The fraction of sp³-hybridized carbons (Fsp3) is 0.923. The maximum Gasteiger partial charge on any atom is 0.407 e. The van der Waals surface area contributed by atoms with Crippen LogP contribution in [0.1, 0.15) is 20.8 Å². The average Bonchev–Trinajstić information content (AvgIpc) is 2.66. The highest BCUT2D eigenvalue weighted by atomic mass is 32.2. The van der Waals surface area contributed by atoms with Crippen molar-refractivity contribution in [3.8, 4) is 0 Å². The van der Waals surface area contributed by atoms with Gasteiger partial charge in [-0.05, 0) is 18.1 Å². The minimum absolute atomic E-state index is 0.0330. The Hall–Kier alpha value is -0.643. The van der Waals surface area contributed by atoms with Crippen molar-refractivity contribution >= 4 is 24.5 Å². The van der Waals surface area contributed by atoms with Crippen LogP contribution in [0.4, 0.5) is 4.79 Å². The van der Waals surface area contributed by atoms with Gasteiger partial charge in [0.1, 0.15) is 6.10 Å². The summed E-state index contributed by atoms with van der Waals surface area (Å²) in [5.41, 5.74) is 0. The molecule has 1 fully saturated rings. The summed E-state index contributed by atoms with van der Waals surface area (Å²) in [6.07, 6.45) is -0.782. The number of likely N-dealkylation sites (tertiary alicyclic amines) is 1. The van der Waals surface area contributed by atoms with Crippen LogP contribution in [0.25, 0.3) is 0 Å². The van der Waals surface area contributed by atoms with Crippen molar-refractivity contribution in [2.24, 2.45) is 5.92 Å². The van der Waals surface area contributed by atoms with Gasteiger partial charge in [-0.2, -0.15) is 8.42 Å². The first-order valence-corrected chi connectivity index (χ1v) is 12.0. The third kappa shape index (κ3) is 5.22. The van der Waals surface area contributed by atoms with Crippen molar-refractivity contribution in [2.45, 2.75) is 45.0 Å². The lowest BCUT2D eigenvalue weighted by Crippen LogP contribution is -2.43. The molecule has 22 heavy (non-hydrogen) atoms. The van der Waals surface area contributed by atoms with E-state index in [0.29, 0.717) is 6.61 Å². The molecule has 1 saturated heterocycles. The first-order valence-electron chi connectivity index (χ1n) is 7.23. The third-order valence-corrected chi connectivity index (χ3v) is 9.51. The molecule has 1 aliphatic heterocycles. The third-order valence-electron chi connectivity index (χ3n) is 4.41. The molecule has 1 N–H and O–H groups in total. The highest BCUT2D eigenvalue weighted by Gasteiger charge is 2.42. The van der Waals surface area contributed by atoms with Gasteiger partial charge in [0.15, 0.2) is 8.32 Å². The van der Waals surface area contributed by atoms with E-state index in [0.717, 1.165) is 6.26 Å². The van der Waals surface area contributed by atoms with Crippen LogP contribution in [0.5, 0.6) is 0 Å². The summed E-state index contributed by atoms with van der Waals surface area (Å²) in [4.78, 5) is 12.3. The van der Waals surface area contributed by atoms with E-state index in [4.69, 9.17) is 13.7 Å². The Morgan fingerprint density at radius 3 is 2.27 bits per heavy atom. The van der Waals surface area contributed by atoms with Crippen LogP contribution in [0, 0.1) is 5.92 Å². The highest BCUT2D eigenvalue weighted by molar-refractivity contribution is 7.86. The van der Waals surface area contributed by atoms with Crippen molar-refractivity contribution in [1.82, 2.24) is 4.90 Å². The molecule has 130 valence electrons. The second kappa shape index (κ2) is 6.46. The van der Waals surface area contributed by atoms with Crippen LogP contribution in [0.15, 0.2) is 0 Å². The lowest BCUT2D eigenvalue weighted by Gasteiger charge is -2.37. The minimum Gasteiger partial charge on any atom is -0.465 e. The van der Waals surface area contributed by atoms with E-state index in [2.05, 4.69) is 33.9 Å². The minimum atomic E-state index is -3.64. The summed E-state index contributed by atoms with van der Waals surface area (Å²) < 4.78 is 33.8. The lowest BCUT2D eigenvalue weighted by molar-refractivity contribution is 0.130. The van der Waals surface area contributed by atoms with Crippen LogP contribution in [0.3, 0.4) is 0 Å². The molecule has 1 heterocycles. The molecule has 1 aliphatic rings. The average molecular weight is 354 g/mol. The van der Waals surface area contributed by atoms with E-state index in [9.17, 15) is 13.2 Å². The van der Waals surface area contributed by atoms with Crippen LogP contribution < -0.4 is 0 Å². The zero-order valence-electron chi connectivity index (χ0n) is 14.1. The molecule has 7 nitrogen and oxygen atoms in total. The smallest absolute Gasteiger partial charge is 0.407 e. The van der Waals surface area contributed by atoms with Gasteiger partial charge in [-0.25, -0.2) is 4.79 Å². The van der Waals surface area contributed by atoms with Gasteiger partial charge < -0.3 is 14.4 Å². The Kier molecular flexibility index (Phi) is 5.70. The molecular formula is C13H27NO6SSi. The zero-order chi connectivity index (χ0) is 17.3. The Morgan fingerprint density at radius 2 is 1.86 bits per heavy atom. The molecule has 9 heteroatoms. The fourth-order valence-corrected chi connectivity index (χ4v) is 3.75. The number of carbonyl (C=O) groups is 1. The summed E-state index contributed by atoms with van der Waals surface area (Å²) in [6, 6.07) is 0. The highest BCUT2D eigenvalue weighted by Crippen LogP contribution is 2.37. The number of rotatable bonds is 5. The molecule has 0 aliphatic carbocycles. The van der Waals surface area contributed by atoms with E-state index in [-0.39, 0.29) is 24.0 Å². The quantitative estimate of drug-likeness (QED) is 0.600. The van der Waals surface area contributed by atoms with Gasteiger partial charge >= 0.3 is 6.09 Å². The largest absolute Gasteiger partial charge is 0.465 e. The summed E-state index contributed by atoms with van der Waals surface area (Å²) in [7, 11) is -5.62. The maximum absolute atomic E-state index is 11.3. The van der Waals surface area contributed by atoms with Crippen LogP contribution >= 0.6 is 0 Å². The van der Waals surface area contributed by atoms with Crippen molar-refractivity contribution < 1.29 is 26.9 Å². The van der Waals surface area contributed by atoms with E-state index in [1.807, 2.05) is 0 Å². The summed E-state index contributed by atoms with van der Waals surface area (Å²) in [6.45, 7) is 11.1. The Morgan fingerprint density at radius 1 is 1.32 bits per heavy atom. The Labute approximate surface area is 133 Å². The standard InChI is InChI=1S/C13H27NO6SSi/c1-13(2,3)22(5,6)19-9-10-7-14(12(15)16)8-11(10)20-21(4,17)18/h10-11H,7-9H2,1-6H3,(H,15,16)/t10-,11+/m0/s1. The van der Waals surface area contributed by atoms with Crippen LogP contribution in [-0.4, -0.2) is 64.9 Å². The Bertz CT molecular complexity index is 513. The SMILES string of the molecule is CC(C)(C)[Si](C)(C)OC[C@@H]1CN(C(=O)O)C[C@H]1OS(C)(=O)=O. The first-order chi connectivity index (χ1) is 9.73. The normalized spacial score (nSPS) is 23.8. The number of amides is 1. The van der Waals surface area contributed by atoms with Crippen molar-refractivity contribution in [3.63, 3.8) is 0 Å². The molecule has 0 spiro atoms. The van der Waals surface area contributed by atoms with Gasteiger partial charge in [0.25, 0.3) is 10.1 Å². The molecule has 0 unspecified atom stereocenters. The van der Waals surface area contributed by atoms with Gasteiger partial charge in [-0.3, -0.25) is 4.18 Å². The second-order valence-electron chi connectivity index (χ2n) is 7.36. The second-order valence-corrected chi connectivity index (χ2v) is 13.8. The Balaban J connectivity index is 2.78. The summed E-state index contributed by atoms with van der Waals surface area (Å²) in [5, 5.41) is 9.13. The van der Waals surface area contributed by atoms with E-state index >= 15 is 0 Å². The first kappa shape index (κ1) is 19.4. The molecule has 1 amide bonds. The molecule has 0 aromatic heterocycles. The molecule has 0 saturated carbocycles. The number of hydrogen-bond acceptors (Lipinski definition) is 5. The van der Waals surface area contributed by atoms with Crippen molar-refractivity contribution in [1.29, 1.82) is 0 Å². The number of hydrogen-bond donors (Lipinski definition) is 1. The monoisotopic (exact) mass is 353 g/mol. The molecule has 0 aromatic rings. The predicted molar refractivity (Wildman–Crippen MR) is 86.0 cm³/mol.